The second kappa shape index (κ2) is 9.99. The molecule has 34 heavy (non-hydrogen) atoms. The quantitative estimate of drug-likeness (QED) is 0.478. The van der Waals surface area contributed by atoms with Gasteiger partial charge in [0.25, 0.3) is 0 Å². The number of hydrogen-bond donors (Lipinski definition) is 1. The Morgan fingerprint density at radius 3 is 2.00 bits per heavy atom. The van der Waals surface area contributed by atoms with E-state index in [2.05, 4.69) is 5.32 Å². The maximum absolute atomic E-state index is 13.7. The van der Waals surface area contributed by atoms with Crippen LogP contribution in [0.4, 0.5) is 18.9 Å². The summed E-state index contributed by atoms with van der Waals surface area (Å²) >= 11 is 0. The number of aryl methyl sites for hydroxylation is 3. The van der Waals surface area contributed by atoms with Crippen LogP contribution in [0.2, 0.25) is 0 Å². The van der Waals surface area contributed by atoms with Gasteiger partial charge < -0.3 is 5.32 Å². The Morgan fingerprint density at radius 2 is 1.47 bits per heavy atom. The fourth-order valence-electron chi connectivity index (χ4n) is 3.82. The lowest BCUT2D eigenvalue weighted by molar-refractivity contribution is -0.137. The summed E-state index contributed by atoms with van der Waals surface area (Å²) in [5.74, 6) is -0.665. The van der Waals surface area contributed by atoms with E-state index < -0.39 is 34.2 Å². The summed E-state index contributed by atoms with van der Waals surface area (Å²) in [7, 11) is -4.07. The van der Waals surface area contributed by atoms with E-state index in [0.717, 1.165) is 34.1 Å². The molecule has 180 valence electrons. The van der Waals surface area contributed by atoms with E-state index >= 15 is 0 Å². The van der Waals surface area contributed by atoms with E-state index in [0.29, 0.717) is 16.7 Å². The lowest BCUT2D eigenvalue weighted by Gasteiger charge is -2.24. The average Bonchev–Trinajstić information content (AvgIpc) is 2.72. The minimum Gasteiger partial charge on any atom is -0.325 e. The van der Waals surface area contributed by atoms with Crippen LogP contribution in [0.1, 0.15) is 27.8 Å². The van der Waals surface area contributed by atoms with Gasteiger partial charge in [-0.1, -0.05) is 48.0 Å². The first kappa shape index (κ1) is 25.5. The minimum absolute atomic E-state index is 0.0453. The van der Waals surface area contributed by atoms with Gasteiger partial charge in [-0.15, -0.1) is 0 Å². The summed E-state index contributed by atoms with van der Waals surface area (Å²) in [6.45, 7) is 4.72. The van der Waals surface area contributed by atoms with Crippen molar-refractivity contribution in [1.82, 2.24) is 4.31 Å². The molecule has 0 aliphatic heterocycles. The van der Waals surface area contributed by atoms with Crippen molar-refractivity contribution in [3.05, 3.63) is 94.5 Å². The first-order chi connectivity index (χ1) is 15.9. The second-order valence-corrected chi connectivity index (χ2v) is 9.98. The molecule has 0 heterocycles. The summed E-state index contributed by atoms with van der Waals surface area (Å²) in [5.41, 5.74) is 2.04. The van der Waals surface area contributed by atoms with Crippen LogP contribution in [0.25, 0.3) is 0 Å². The Labute approximate surface area is 197 Å². The predicted molar refractivity (Wildman–Crippen MR) is 125 cm³/mol. The van der Waals surface area contributed by atoms with E-state index in [1.54, 1.807) is 56.3 Å². The standard InChI is InChI=1S/C25H25F3N2O3S/c1-17-13-18(2)24(19(3)14-17)34(32,33)30(15-20-7-5-4-6-8-20)16-23(31)29-22-11-9-21(10-12-22)25(26,27)28/h4-14H,15-16H2,1-3H3,(H,29,31). The number of carbonyl (C=O) groups excluding carboxylic acids is 1. The van der Waals surface area contributed by atoms with Crippen molar-refractivity contribution in [3.63, 3.8) is 0 Å². The smallest absolute Gasteiger partial charge is 0.325 e. The highest BCUT2D eigenvalue weighted by Gasteiger charge is 2.31. The van der Waals surface area contributed by atoms with Gasteiger partial charge in [0.15, 0.2) is 0 Å². The van der Waals surface area contributed by atoms with Gasteiger partial charge in [-0.3, -0.25) is 4.79 Å². The number of hydrogen-bond acceptors (Lipinski definition) is 3. The SMILES string of the molecule is Cc1cc(C)c(S(=O)(=O)N(CC(=O)Nc2ccc(C(F)(F)F)cc2)Cc2ccccc2)c(C)c1. The van der Waals surface area contributed by atoms with Crippen LogP contribution < -0.4 is 5.32 Å². The Morgan fingerprint density at radius 1 is 0.912 bits per heavy atom. The number of amides is 1. The molecule has 0 unspecified atom stereocenters. The van der Waals surface area contributed by atoms with Crippen molar-refractivity contribution in [2.45, 2.75) is 38.4 Å². The minimum atomic E-state index is -4.49. The fourth-order valence-corrected chi connectivity index (χ4v) is 5.61. The molecule has 3 aromatic carbocycles. The molecule has 0 aliphatic carbocycles. The number of carbonyl (C=O) groups is 1. The van der Waals surface area contributed by atoms with Gasteiger partial charge in [0.1, 0.15) is 0 Å². The number of anilines is 1. The van der Waals surface area contributed by atoms with Crippen molar-refractivity contribution in [2.24, 2.45) is 0 Å². The van der Waals surface area contributed by atoms with Crippen molar-refractivity contribution >= 4 is 21.6 Å². The number of rotatable bonds is 7. The van der Waals surface area contributed by atoms with Crippen LogP contribution in [-0.2, 0) is 27.5 Å². The van der Waals surface area contributed by atoms with Gasteiger partial charge >= 0.3 is 6.18 Å². The molecule has 3 rings (SSSR count). The largest absolute Gasteiger partial charge is 0.416 e. The summed E-state index contributed by atoms with van der Waals surface area (Å²) in [6, 6.07) is 16.3. The van der Waals surface area contributed by atoms with Gasteiger partial charge in [0.05, 0.1) is 17.0 Å². The molecule has 1 amide bonds. The second-order valence-electron chi connectivity index (χ2n) is 8.11. The molecule has 9 heteroatoms. The summed E-state index contributed by atoms with van der Waals surface area (Å²) in [4.78, 5) is 12.9. The molecule has 0 saturated carbocycles. The first-order valence-electron chi connectivity index (χ1n) is 10.5. The summed E-state index contributed by atoms with van der Waals surface area (Å²) < 4.78 is 66.7. The van der Waals surface area contributed by atoms with Crippen LogP contribution in [0.3, 0.4) is 0 Å². The average molecular weight is 491 g/mol. The number of nitrogens with zero attached hydrogens (tertiary/aromatic N) is 1. The zero-order chi connectivity index (χ0) is 25.1. The fraction of sp³-hybridized carbons (Fsp3) is 0.240. The normalized spacial score (nSPS) is 12.1. The molecule has 0 fully saturated rings. The molecule has 3 aromatic rings. The molecule has 0 atom stereocenters. The van der Waals surface area contributed by atoms with E-state index in [1.165, 1.54) is 0 Å². The Hall–Kier alpha value is -3.17. The van der Waals surface area contributed by atoms with Crippen LogP contribution in [0.5, 0.6) is 0 Å². The number of halogens is 3. The maximum Gasteiger partial charge on any atom is 0.416 e. The van der Waals surface area contributed by atoms with Crippen molar-refractivity contribution in [2.75, 3.05) is 11.9 Å². The molecule has 1 N–H and O–H groups in total. The van der Waals surface area contributed by atoms with Gasteiger partial charge in [-0.2, -0.15) is 17.5 Å². The molecule has 0 spiro atoms. The number of alkyl halides is 3. The third-order valence-electron chi connectivity index (χ3n) is 5.22. The number of nitrogens with one attached hydrogen (secondary N) is 1. The van der Waals surface area contributed by atoms with Gasteiger partial charge in [-0.05, 0) is 61.7 Å². The lowest BCUT2D eigenvalue weighted by Crippen LogP contribution is -2.38. The number of sulfonamides is 1. The van der Waals surface area contributed by atoms with Crippen LogP contribution >= 0.6 is 0 Å². The topological polar surface area (TPSA) is 66.5 Å². The molecule has 0 radical (unpaired) electrons. The molecular formula is C25H25F3N2O3S. The van der Waals surface area contributed by atoms with E-state index in [9.17, 15) is 26.4 Å². The molecule has 0 aromatic heterocycles. The Kier molecular flexibility index (Phi) is 7.48. The zero-order valence-electron chi connectivity index (χ0n) is 19.0. The van der Waals surface area contributed by atoms with Crippen LogP contribution in [0.15, 0.2) is 71.6 Å². The molecule has 0 saturated heterocycles. The molecule has 0 aliphatic rings. The van der Waals surface area contributed by atoms with Crippen LogP contribution in [0, 0.1) is 20.8 Å². The molecule has 0 bridgehead atoms. The van der Waals surface area contributed by atoms with Gasteiger partial charge in [-0.25, -0.2) is 8.42 Å². The van der Waals surface area contributed by atoms with Crippen LogP contribution in [-0.4, -0.2) is 25.2 Å². The van der Waals surface area contributed by atoms with Gasteiger partial charge in [0.2, 0.25) is 15.9 Å². The highest BCUT2D eigenvalue weighted by atomic mass is 32.2. The zero-order valence-corrected chi connectivity index (χ0v) is 19.8. The lowest BCUT2D eigenvalue weighted by atomic mass is 10.1. The van der Waals surface area contributed by atoms with E-state index in [1.807, 2.05) is 6.92 Å². The predicted octanol–water partition coefficient (Wildman–Crippen LogP) is 5.46. The highest BCUT2D eigenvalue weighted by molar-refractivity contribution is 7.89. The van der Waals surface area contributed by atoms with Crippen molar-refractivity contribution in [3.8, 4) is 0 Å². The third kappa shape index (κ3) is 6.03. The summed E-state index contributed by atoms with van der Waals surface area (Å²) in [6.07, 6.45) is -4.49. The Bertz CT molecular complexity index is 1250. The molecular weight excluding hydrogens is 465 g/mol. The highest BCUT2D eigenvalue weighted by Crippen LogP contribution is 2.30. The third-order valence-corrected chi connectivity index (χ3v) is 7.32. The monoisotopic (exact) mass is 490 g/mol. The van der Waals surface area contributed by atoms with Crippen molar-refractivity contribution in [1.29, 1.82) is 0 Å². The van der Waals surface area contributed by atoms with E-state index in [4.69, 9.17) is 0 Å². The van der Waals surface area contributed by atoms with Gasteiger partial charge in [0, 0.05) is 12.2 Å². The van der Waals surface area contributed by atoms with Crippen molar-refractivity contribution < 1.29 is 26.4 Å². The maximum atomic E-state index is 13.7. The van der Waals surface area contributed by atoms with E-state index in [-0.39, 0.29) is 17.1 Å². The molecule has 5 nitrogen and oxygen atoms in total. The first-order valence-corrected chi connectivity index (χ1v) is 11.9. The number of benzene rings is 3. The summed E-state index contributed by atoms with van der Waals surface area (Å²) in [5, 5.41) is 2.49. The Balaban J connectivity index is 1.90.